The number of amides is 1. The molecule has 0 unspecified atom stereocenters. The van der Waals surface area contributed by atoms with Crippen molar-refractivity contribution in [3.63, 3.8) is 0 Å². The molecule has 1 aliphatic rings. The molecule has 0 aliphatic carbocycles. The Bertz CT molecular complexity index is 344. The van der Waals surface area contributed by atoms with E-state index >= 15 is 0 Å². The molecule has 1 amide bonds. The Labute approximate surface area is 139 Å². The van der Waals surface area contributed by atoms with Crippen molar-refractivity contribution in [2.45, 2.75) is 32.6 Å². The molecule has 1 heterocycles. The minimum absolute atomic E-state index is 0.0189. The van der Waals surface area contributed by atoms with Crippen LogP contribution in [0.4, 0.5) is 0 Å². The molecule has 0 saturated carbocycles. The second-order valence-corrected chi connectivity index (χ2v) is 5.69. The van der Waals surface area contributed by atoms with Crippen LogP contribution in [0.1, 0.15) is 32.6 Å². The van der Waals surface area contributed by atoms with Gasteiger partial charge in [0.1, 0.15) is 0 Å². The van der Waals surface area contributed by atoms with Gasteiger partial charge in [-0.25, -0.2) is 0 Å². The highest BCUT2D eigenvalue weighted by Gasteiger charge is 2.13. The fourth-order valence-electron chi connectivity index (χ4n) is 2.26. The van der Waals surface area contributed by atoms with Crippen LogP contribution < -0.4 is 16.0 Å². The van der Waals surface area contributed by atoms with Crippen LogP contribution in [0.5, 0.6) is 0 Å². The van der Waals surface area contributed by atoms with Crippen LogP contribution in [0.2, 0.25) is 0 Å². The fraction of sp³-hybridized carbons (Fsp3) is 0.875. The molecule has 1 saturated heterocycles. The van der Waals surface area contributed by atoms with Crippen LogP contribution in [0.25, 0.3) is 0 Å². The molecule has 1 rings (SSSR count). The number of ether oxygens (including phenoxy) is 2. The first-order chi connectivity index (χ1) is 11.3. The molecule has 1 aliphatic heterocycles. The SMILES string of the molecule is CCCNC(=O)CNC(=NC)NCCCOCC1CCOCC1. The molecular formula is C16H32N4O3. The molecule has 0 aromatic carbocycles. The average molecular weight is 328 g/mol. The molecule has 0 radical (unpaired) electrons. The van der Waals surface area contributed by atoms with E-state index in [2.05, 4.69) is 20.9 Å². The summed E-state index contributed by atoms with van der Waals surface area (Å²) in [6.07, 6.45) is 4.06. The van der Waals surface area contributed by atoms with Gasteiger partial charge in [0.2, 0.25) is 5.91 Å². The van der Waals surface area contributed by atoms with Gasteiger partial charge in [0.05, 0.1) is 6.54 Å². The van der Waals surface area contributed by atoms with Crippen molar-refractivity contribution >= 4 is 11.9 Å². The Morgan fingerprint density at radius 3 is 2.70 bits per heavy atom. The molecule has 0 spiro atoms. The lowest BCUT2D eigenvalue weighted by Crippen LogP contribution is -2.43. The third-order valence-corrected chi connectivity index (χ3v) is 3.66. The zero-order valence-corrected chi connectivity index (χ0v) is 14.5. The van der Waals surface area contributed by atoms with E-state index in [1.54, 1.807) is 7.05 Å². The maximum atomic E-state index is 11.5. The van der Waals surface area contributed by atoms with Crippen LogP contribution in [-0.2, 0) is 14.3 Å². The van der Waals surface area contributed by atoms with E-state index in [9.17, 15) is 4.79 Å². The number of carbonyl (C=O) groups is 1. The number of nitrogens with one attached hydrogen (secondary N) is 3. The van der Waals surface area contributed by atoms with Crippen LogP contribution in [0.3, 0.4) is 0 Å². The molecule has 0 bridgehead atoms. The van der Waals surface area contributed by atoms with Gasteiger partial charge in [-0.1, -0.05) is 6.92 Å². The van der Waals surface area contributed by atoms with Gasteiger partial charge in [0.15, 0.2) is 5.96 Å². The van der Waals surface area contributed by atoms with Crippen molar-refractivity contribution in [2.75, 3.05) is 53.1 Å². The quantitative estimate of drug-likeness (QED) is 0.309. The van der Waals surface area contributed by atoms with Crippen molar-refractivity contribution in [2.24, 2.45) is 10.9 Å². The monoisotopic (exact) mass is 328 g/mol. The third kappa shape index (κ3) is 10.1. The summed E-state index contributed by atoms with van der Waals surface area (Å²) >= 11 is 0. The van der Waals surface area contributed by atoms with Gasteiger partial charge >= 0.3 is 0 Å². The van der Waals surface area contributed by atoms with Crippen LogP contribution in [0, 0.1) is 5.92 Å². The fourth-order valence-corrected chi connectivity index (χ4v) is 2.26. The van der Waals surface area contributed by atoms with E-state index in [0.29, 0.717) is 18.4 Å². The predicted molar refractivity (Wildman–Crippen MR) is 91.6 cm³/mol. The van der Waals surface area contributed by atoms with Crippen molar-refractivity contribution in [3.8, 4) is 0 Å². The smallest absolute Gasteiger partial charge is 0.239 e. The molecular weight excluding hydrogens is 296 g/mol. The summed E-state index contributed by atoms with van der Waals surface area (Å²) in [6, 6.07) is 0. The predicted octanol–water partition coefficient (Wildman–Crippen LogP) is 0.511. The Morgan fingerprint density at radius 2 is 2.00 bits per heavy atom. The molecule has 0 aromatic heterocycles. The molecule has 1 fully saturated rings. The van der Waals surface area contributed by atoms with E-state index in [-0.39, 0.29) is 12.5 Å². The van der Waals surface area contributed by atoms with Gasteiger partial charge in [-0.2, -0.15) is 0 Å². The summed E-state index contributed by atoms with van der Waals surface area (Å²) in [4.78, 5) is 15.6. The summed E-state index contributed by atoms with van der Waals surface area (Å²) in [5.74, 6) is 1.27. The van der Waals surface area contributed by atoms with E-state index in [0.717, 1.165) is 58.7 Å². The highest BCUT2D eigenvalue weighted by Crippen LogP contribution is 2.14. The number of hydrogen-bond acceptors (Lipinski definition) is 4. The number of rotatable bonds is 10. The zero-order chi connectivity index (χ0) is 16.8. The summed E-state index contributed by atoms with van der Waals surface area (Å²) < 4.78 is 11.0. The second kappa shape index (κ2) is 13.1. The molecule has 7 heteroatoms. The maximum absolute atomic E-state index is 11.5. The Morgan fingerprint density at radius 1 is 1.22 bits per heavy atom. The maximum Gasteiger partial charge on any atom is 0.239 e. The highest BCUT2D eigenvalue weighted by atomic mass is 16.5. The summed E-state index contributed by atoms with van der Waals surface area (Å²) in [5.41, 5.74) is 0. The largest absolute Gasteiger partial charge is 0.381 e. The number of carbonyl (C=O) groups excluding carboxylic acids is 1. The van der Waals surface area contributed by atoms with E-state index in [4.69, 9.17) is 9.47 Å². The Hall–Kier alpha value is -1.34. The van der Waals surface area contributed by atoms with Crippen LogP contribution >= 0.6 is 0 Å². The van der Waals surface area contributed by atoms with Crippen LogP contribution in [-0.4, -0.2) is 65.0 Å². The first-order valence-electron chi connectivity index (χ1n) is 8.63. The van der Waals surface area contributed by atoms with E-state index in [1.165, 1.54) is 0 Å². The standard InChI is InChI=1S/C16H32N4O3/c1-3-7-18-15(21)12-20-16(17-2)19-8-4-9-23-13-14-5-10-22-11-6-14/h14H,3-13H2,1-2H3,(H,18,21)(H2,17,19,20). The zero-order valence-electron chi connectivity index (χ0n) is 14.5. The van der Waals surface area contributed by atoms with Crippen LogP contribution in [0.15, 0.2) is 4.99 Å². The minimum atomic E-state index is -0.0189. The summed E-state index contributed by atoms with van der Waals surface area (Å²) in [7, 11) is 1.70. The average Bonchev–Trinajstić information content (AvgIpc) is 2.59. The van der Waals surface area contributed by atoms with Crippen molar-refractivity contribution in [3.05, 3.63) is 0 Å². The normalized spacial score (nSPS) is 16.2. The first-order valence-corrected chi connectivity index (χ1v) is 8.63. The lowest BCUT2D eigenvalue weighted by atomic mass is 10.0. The van der Waals surface area contributed by atoms with Crippen molar-refractivity contribution in [1.29, 1.82) is 0 Å². The van der Waals surface area contributed by atoms with Crippen molar-refractivity contribution in [1.82, 2.24) is 16.0 Å². The topological polar surface area (TPSA) is 84.0 Å². The number of guanidine groups is 1. The Balaban J connectivity index is 1.98. The lowest BCUT2D eigenvalue weighted by Gasteiger charge is -2.21. The van der Waals surface area contributed by atoms with Gasteiger partial charge < -0.3 is 25.4 Å². The van der Waals surface area contributed by atoms with Gasteiger partial charge in [-0.15, -0.1) is 0 Å². The van der Waals surface area contributed by atoms with Gasteiger partial charge in [-0.3, -0.25) is 9.79 Å². The Kier molecular flexibility index (Phi) is 11.3. The van der Waals surface area contributed by atoms with Gasteiger partial charge in [0, 0.05) is 46.6 Å². The number of hydrogen-bond donors (Lipinski definition) is 3. The van der Waals surface area contributed by atoms with Gasteiger partial charge in [-0.05, 0) is 31.6 Å². The van der Waals surface area contributed by atoms with Crippen molar-refractivity contribution < 1.29 is 14.3 Å². The van der Waals surface area contributed by atoms with E-state index < -0.39 is 0 Å². The minimum Gasteiger partial charge on any atom is -0.381 e. The van der Waals surface area contributed by atoms with E-state index in [1.807, 2.05) is 6.92 Å². The molecule has 23 heavy (non-hydrogen) atoms. The molecule has 7 nitrogen and oxygen atoms in total. The highest BCUT2D eigenvalue weighted by molar-refractivity contribution is 5.86. The number of aliphatic imine (C=N–C) groups is 1. The molecule has 0 aromatic rings. The van der Waals surface area contributed by atoms with Gasteiger partial charge in [0.25, 0.3) is 0 Å². The first kappa shape index (κ1) is 19.7. The second-order valence-electron chi connectivity index (χ2n) is 5.69. The lowest BCUT2D eigenvalue weighted by molar-refractivity contribution is -0.120. The summed E-state index contributed by atoms with van der Waals surface area (Å²) in [6.45, 7) is 7.03. The molecule has 134 valence electrons. The molecule has 3 N–H and O–H groups in total. The molecule has 0 atom stereocenters. The summed E-state index contributed by atoms with van der Waals surface area (Å²) in [5, 5.41) is 8.98. The third-order valence-electron chi connectivity index (χ3n) is 3.66. The number of nitrogens with zero attached hydrogens (tertiary/aromatic N) is 1.